The first-order valence-electron chi connectivity index (χ1n) is 6.00. The Morgan fingerprint density at radius 2 is 2.19 bits per heavy atom. The molecule has 0 aliphatic rings. The molecule has 0 saturated heterocycles. The van der Waals surface area contributed by atoms with E-state index in [0.717, 1.165) is 0 Å². The summed E-state index contributed by atoms with van der Waals surface area (Å²) in [5, 5.41) is 13.5. The minimum absolute atomic E-state index is 0.0313. The van der Waals surface area contributed by atoms with Crippen molar-refractivity contribution in [1.82, 2.24) is 15.3 Å². The van der Waals surface area contributed by atoms with Crippen molar-refractivity contribution < 1.29 is 9.72 Å². The van der Waals surface area contributed by atoms with Crippen molar-refractivity contribution in [2.75, 3.05) is 0 Å². The SMILES string of the molecule is CC(NC(=O)c1cncc(Cl)n1)c1cccc([N+](=O)[O-])c1. The Morgan fingerprint density at radius 3 is 2.86 bits per heavy atom. The Labute approximate surface area is 125 Å². The van der Waals surface area contributed by atoms with Gasteiger partial charge in [-0.1, -0.05) is 23.7 Å². The van der Waals surface area contributed by atoms with Crippen LogP contribution in [0.25, 0.3) is 0 Å². The smallest absolute Gasteiger partial charge is 0.272 e. The molecule has 2 aromatic rings. The molecule has 7 nitrogen and oxygen atoms in total. The topological polar surface area (TPSA) is 98.0 Å². The third-order valence-electron chi connectivity index (χ3n) is 2.77. The summed E-state index contributed by atoms with van der Waals surface area (Å²) in [6.07, 6.45) is 2.61. The lowest BCUT2D eigenvalue weighted by atomic mass is 10.1. The van der Waals surface area contributed by atoms with Crippen LogP contribution in [0.3, 0.4) is 0 Å². The molecule has 1 atom stereocenters. The van der Waals surface area contributed by atoms with Crippen LogP contribution in [0.1, 0.15) is 29.0 Å². The van der Waals surface area contributed by atoms with E-state index in [1.807, 2.05) is 0 Å². The molecule has 1 heterocycles. The Bertz CT molecular complexity index is 693. The number of hydrogen-bond donors (Lipinski definition) is 1. The van der Waals surface area contributed by atoms with E-state index in [0.29, 0.717) is 5.56 Å². The van der Waals surface area contributed by atoms with Crippen molar-refractivity contribution in [3.05, 3.63) is 63.2 Å². The van der Waals surface area contributed by atoms with Gasteiger partial charge in [0.15, 0.2) is 0 Å². The summed E-state index contributed by atoms with van der Waals surface area (Å²) in [4.78, 5) is 29.9. The molecule has 2 rings (SSSR count). The van der Waals surface area contributed by atoms with Gasteiger partial charge in [0.05, 0.1) is 23.4 Å². The predicted octanol–water partition coefficient (Wildman–Crippen LogP) is 2.53. The molecule has 0 fully saturated rings. The van der Waals surface area contributed by atoms with Gasteiger partial charge < -0.3 is 5.32 Å². The van der Waals surface area contributed by atoms with Gasteiger partial charge in [0.1, 0.15) is 10.8 Å². The van der Waals surface area contributed by atoms with E-state index in [9.17, 15) is 14.9 Å². The molecule has 108 valence electrons. The third-order valence-corrected chi connectivity index (χ3v) is 2.95. The van der Waals surface area contributed by atoms with Crippen molar-refractivity contribution in [2.45, 2.75) is 13.0 Å². The van der Waals surface area contributed by atoms with Crippen molar-refractivity contribution in [1.29, 1.82) is 0 Å². The summed E-state index contributed by atoms with van der Waals surface area (Å²) < 4.78 is 0. The maximum atomic E-state index is 12.0. The lowest BCUT2D eigenvalue weighted by Gasteiger charge is -2.13. The van der Waals surface area contributed by atoms with Gasteiger partial charge in [-0.05, 0) is 12.5 Å². The minimum atomic E-state index is -0.486. The summed E-state index contributed by atoms with van der Waals surface area (Å²) in [6.45, 7) is 1.72. The van der Waals surface area contributed by atoms with Crippen molar-refractivity contribution in [2.24, 2.45) is 0 Å². The van der Waals surface area contributed by atoms with Crippen LogP contribution in [0.15, 0.2) is 36.7 Å². The zero-order valence-corrected chi connectivity index (χ0v) is 11.7. The number of nitro benzene ring substituents is 1. The van der Waals surface area contributed by atoms with Gasteiger partial charge in [-0.3, -0.25) is 19.9 Å². The lowest BCUT2D eigenvalue weighted by Crippen LogP contribution is -2.27. The fraction of sp³-hybridized carbons (Fsp3) is 0.154. The molecule has 0 saturated carbocycles. The average Bonchev–Trinajstić information content (AvgIpc) is 2.47. The Hall–Kier alpha value is -2.54. The van der Waals surface area contributed by atoms with E-state index in [2.05, 4.69) is 15.3 Å². The second-order valence-electron chi connectivity index (χ2n) is 4.27. The highest BCUT2D eigenvalue weighted by Gasteiger charge is 2.15. The van der Waals surface area contributed by atoms with Crippen LogP contribution in [0.5, 0.6) is 0 Å². The molecule has 21 heavy (non-hydrogen) atoms. The number of nitrogens with one attached hydrogen (secondary N) is 1. The van der Waals surface area contributed by atoms with Crippen LogP contribution in [0, 0.1) is 10.1 Å². The fourth-order valence-electron chi connectivity index (χ4n) is 1.71. The molecule has 8 heteroatoms. The molecule has 0 bridgehead atoms. The van der Waals surface area contributed by atoms with Crippen LogP contribution >= 0.6 is 11.6 Å². The normalized spacial score (nSPS) is 11.7. The van der Waals surface area contributed by atoms with Gasteiger partial charge in [-0.15, -0.1) is 0 Å². The summed E-state index contributed by atoms with van der Waals surface area (Å²) in [6, 6.07) is 5.64. The summed E-state index contributed by atoms with van der Waals surface area (Å²) >= 11 is 5.67. The first kappa shape index (κ1) is 14.9. The Morgan fingerprint density at radius 1 is 1.43 bits per heavy atom. The number of benzene rings is 1. The van der Waals surface area contributed by atoms with Crippen molar-refractivity contribution in [3.8, 4) is 0 Å². The highest BCUT2D eigenvalue weighted by atomic mass is 35.5. The first-order chi connectivity index (χ1) is 9.97. The number of amides is 1. The number of rotatable bonds is 4. The number of hydrogen-bond acceptors (Lipinski definition) is 5. The average molecular weight is 307 g/mol. The van der Waals surface area contributed by atoms with E-state index >= 15 is 0 Å². The summed E-state index contributed by atoms with van der Waals surface area (Å²) in [5.41, 5.74) is 0.670. The molecule has 1 unspecified atom stereocenters. The molecule has 0 radical (unpaired) electrons. The van der Waals surface area contributed by atoms with Gasteiger partial charge in [0.2, 0.25) is 0 Å². The van der Waals surface area contributed by atoms with Crippen LogP contribution in [-0.4, -0.2) is 20.8 Å². The summed E-state index contributed by atoms with van der Waals surface area (Å²) in [7, 11) is 0. The Balaban J connectivity index is 2.14. The van der Waals surface area contributed by atoms with Crippen molar-refractivity contribution in [3.63, 3.8) is 0 Å². The maximum Gasteiger partial charge on any atom is 0.272 e. The summed E-state index contributed by atoms with van der Waals surface area (Å²) in [5.74, 6) is -0.455. The van der Waals surface area contributed by atoms with E-state index in [1.165, 1.54) is 24.5 Å². The largest absolute Gasteiger partial charge is 0.344 e. The number of carbonyl (C=O) groups excluding carboxylic acids is 1. The molecular formula is C13H11ClN4O3. The fourth-order valence-corrected chi connectivity index (χ4v) is 1.86. The lowest BCUT2D eigenvalue weighted by molar-refractivity contribution is -0.384. The molecule has 0 aliphatic heterocycles. The van der Waals surface area contributed by atoms with Gasteiger partial charge in [-0.2, -0.15) is 0 Å². The molecule has 0 aliphatic carbocycles. The monoisotopic (exact) mass is 306 g/mol. The zero-order valence-electron chi connectivity index (χ0n) is 11.0. The van der Waals surface area contributed by atoms with E-state index < -0.39 is 16.9 Å². The van der Waals surface area contributed by atoms with Crippen LogP contribution in [0.4, 0.5) is 5.69 Å². The predicted molar refractivity (Wildman–Crippen MR) is 76.0 cm³/mol. The minimum Gasteiger partial charge on any atom is -0.344 e. The number of nitro groups is 1. The van der Waals surface area contributed by atoms with Crippen molar-refractivity contribution >= 4 is 23.2 Å². The van der Waals surface area contributed by atoms with E-state index in [4.69, 9.17) is 11.6 Å². The number of nitrogens with zero attached hydrogens (tertiary/aromatic N) is 3. The third kappa shape index (κ3) is 3.73. The number of non-ortho nitro benzene ring substituents is 1. The molecule has 1 amide bonds. The molecule has 1 N–H and O–H groups in total. The van der Waals surface area contributed by atoms with Crippen LogP contribution in [0.2, 0.25) is 5.15 Å². The van der Waals surface area contributed by atoms with Crippen LogP contribution in [-0.2, 0) is 0 Å². The number of halogens is 1. The Kier molecular flexibility index (Phi) is 4.44. The standard InChI is InChI=1S/C13H11ClN4O3/c1-8(9-3-2-4-10(5-9)18(20)21)16-13(19)11-6-15-7-12(14)17-11/h2-8H,1H3,(H,16,19). The molecular weight excluding hydrogens is 296 g/mol. The second-order valence-corrected chi connectivity index (χ2v) is 4.66. The highest BCUT2D eigenvalue weighted by Crippen LogP contribution is 2.19. The quantitative estimate of drug-likeness (QED) is 0.691. The molecule has 1 aromatic carbocycles. The van der Waals surface area contributed by atoms with Gasteiger partial charge >= 0.3 is 0 Å². The second kappa shape index (κ2) is 6.27. The zero-order chi connectivity index (χ0) is 15.4. The molecule has 0 spiro atoms. The van der Waals surface area contributed by atoms with E-state index in [1.54, 1.807) is 19.1 Å². The van der Waals surface area contributed by atoms with Gasteiger partial charge in [0, 0.05) is 12.1 Å². The highest BCUT2D eigenvalue weighted by molar-refractivity contribution is 6.29. The molecule has 1 aromatic heterocycles. The maximum absolute atomic E-state index is 12.0. The number of carbonyl (C=O) groups is 1. The number of aromatic nitrogens is 2. The van der Waals surface area contributed by atoms with E-state index in [-0.39, 0.29) is 16.5 Å². The first-order valence-corrected chi connectivity index (χ1v) is 6.38. The van der Waals surface area contributed by atoms with Gasteiger partial charge in [-0.25, -0.2) is 4.98 Å². The van der Waals surface area contributed by atoms with Gasteiger partial charge in [0.25, 0.3) is 11.6 Å². The van der Waals surface area contributed by atoms with Crippen LogP contribution < -0.4 is 5.32 Å².